The summed E-state index contributed by atoms with van der Waals surface area (Å²) in [5, 5.41) is 15.2. The summed E-state index contributed by atoms with van der Waals surface area (Å²) in [7, 11) is 1.53. The first kappa shape index (κ1) is 22.3. The Bertz CT molecular complexity index is 849. The normalized spacial score (nSPS) is 20.0. The van der Waals surface area contributed by atoms with Crippen molar-refractivity contribution in [3.05, 3.63) is 35.8 Å². The third-order valence-corrected chi connectivity index (χ3v) is 5.74. The number of piperidine rings is 1. The second kappa shape index (κ2) is 9.63. The molecule has 2 atom stereocenters. The SMILES string of the molecule is COc1ccc([C@@H]2CN(CC(F)(F)CO)CC[C@H]2NC(=O)Nc2cc(C)ns2)nc1. The van der Waals surface area contributed by atoms with E-state index < -0.39 is 19.1 Å². The zero-order valence-electron chi connectivity index (χ0n) is 16.8. The summed E-state index contributed by atoms with van der Waals surface area (Å²) < 4.78 is 36.7. The highest BCUT2D eigenvalue weighted by Gasteiger charge is 2.37. The van der Waals surface area contributed by atoms with Gasteiger partial charge >= 0.3 is 6.03 Å². The Morgan fingerprint density at radius 1 is 1.47 bits per heavy atom. The number of nitrogens with zero attached hydrogens (tertiary/aromatic N) is 3. The van der Waals surface area contributed by atoms with Crippen LogP contribution in [0.25, 0.3) is 0 Å². The van der Waals surface area contributed by atoms with E-state index in [1.54, 1.807) is 29.3 Å². The molecule has 2 aromatic rings. The number of nitrogens with one attached hydrogen (secondary N) is 2. The molecule has 1 saturated heterocycles. The number of carbonyl (C=O) groups is 1. The summed E-state index contributed by atoms with van der Waals surface area (Å²) in [6, 6.07) is 4.62. The fraction of sp³-hybridized carbons (Fsp3) is 0.526. The zero-order valence-corrected chi connectivity index (χ0v) is 17.6. The number of halogens is 2. The van der Waals surface area contributed by atoms with Crippen LogP contribution in [-0.4, -0.2) is 70.7 Å². The van der Waals surface area contributed by atoms with E-state index in [1.165, 1.54) is 18.6 Å². The molecule has 164 valence electrons. The lowest BCUT2D eigenvalue weighted by Gasteiger charge is -2.39. The van der Waals surface area contributed by atoms with Crippen LogP contribution < -0.4 is 15.4 Å². The van der Waals surface area contributed by atoms with Crippen LogP contribution in [-0.2, 0) is 0 Å². The summed E-state index contributed by atoms with van der Waals surface area (Å²) in [5.41, 5.74) is 1.49. The molecule has 0 aromatic carbocycles. The summed E-state index contributed by atoms with van der Waals surface area (Å²) in [5.74, 6) is -2.89. The van der Waals surface area contributed by atoms with E-state index in [-0.39, 0.29) is 24.5 Å². The molecule has 1 aliphatic heterocycles. The fourth-order valence-electron chi connectivity index (χ4n) is 3.48. The van der Waals surface area contributed by atoms with Gasteiger partial charge in [-0.05, 0) is 43.1 Å². The van der Waals surface area contributed by atoms with Gasteiger partial charge in [0, 0.05) is 30.7 Å². The summed E-state index contributed by atoms with van der Waals surface area (Å²) in [4.78, 5) is 18.5. The molecule has 1 aliphatic rings. The summed E-state index contributed by atoms with van der Waals surface area (Å²) in [6.45, 7) is 0.734. The minimum absolute atomic E-state index is 0.277. The molecule has 3 rings (SSSR count). The van der Waals surface area contributed by atoms with Crippen LogP contribution in [0.5, 0.6) is 5.75 Å². The maximum atomic E-state index is 13.7. The molecule has 1 fully saturated rings. The van der Waals surface area contributed by atoms with Crippen molar-refractivity contribution >= 4 is 22.6 Å². The standard InChI is InChI=1S/C19H25F2N5O3S/c1-12-7-17(30-25-12)24-18(28)23-16-5-6-26(10-19(20,21)11-27)9-14(16)15-4-3-13(29-2)8-22-15/h3-4,7-8,14,16,27H,5-6,9-11H2,1-2H3,(H2,23,24,28)/t14-,16+/m0/s1. The number of pyridine rings is 1. The molecule has 30 heavy (non-hydrogen) atoms. The molecule has 0 aliphatic carbocycles. The van der Waals surface area contributed by atoms with Gasteiger partial charge in [0.15, 0.2) is 0 Å². The molecule has 8 nitrogen and oxygen atoms in total. The first-order valence-corrected chi connectivity index (χ1v) is 10.3. The Labute approximate surface area is 177 Å². The van der Waals surface area contributed by atoms with Crippen LogP contribution in [0.3, 0.4) is 0 Å². The number of hydrogen-bond donors (Lipinski definition) is 3. The van der Waals surface area contributed by atoms with E-state index in [1.807, 2.05) is 6.92 Å². The number of likely N-dealkylation sites (tertiary alicyclic amines) is 1. The van der Waals surface area contributed by atoms with E-state index in [0.29, 0.717) is 29.4 Å². The quantitative estimate of drug-likeness (QED) is 0.611. The zero-order chi connectivity index (χ0) is 21.7. The van der Waals surface area contributed by atoms with Crippen molar-refractivity contribution in [2.45, 2.75) is 31.2 Å². The molecule has 2 aromatic heterocycles. The summed E-state index contributed by atoms with van der Waals surface area (Å²) >= 11 is 1.19. The van der Waals surface area contributed by atoms with Gasteiger partial charge in [0.25, 0.3) is 5.92 Å². The molecule has 0 unspecified atom stereocenters. The van der Waals surface area contributed by atoms with Gasteiger partial charge in [-0.2, -0.15) is 4.37 Å². The van der Waals surface area contributed by atoms with Crippen molar-refractivity contribution in [2.24, 2.45) is 0 Å². The largest absolute Gasteiger partial charge is 0.495 e. The predicted octanol–water partition coefficient (Wildman–Crippen LogP) is 2.46. The van der Waals surface area contributed by atoms with Gasteiger partial charge in [0.05, 0.1) is 25.5 Å². The van der Waals surface area contributed by atoms with E-state index >= 15 is 0 Å². The lowest BCUT2D eigenvalue weighted by atomic mass is 9.88. The van der Waals surface area contributed by atoms with Crippen molar-refractivity contribution in [1.29, 1.82) is 0 Å². The van der Waals surface area contributed by atoms with E-state index in [2.05, 4.69) is 20.0 Å². The first-order valence-electron chi connectivity index (χ1n) is 9.51. The van der Waals surface area contributed by atoms with Crippen LogP contribution in [0.2, 0.25) is 0 Å². The molecule has 0 spiro atoms. The number of alkyl halides is 2. The summed E-state index contributed by atoms with van der Waals surface area (Å²) in [6.07, 6.45) is 2.03. The highest BCUT2D eigenvalue weighted by atomic mass is 32.1. The lowest BCUT2D eigenvalue weighted by molar-refractivity contribution is -0.0774. The van der Waals surface area contributed by atoms with Crippen LogP contribution in [0.15, 0.2) is 24.4 Å². The number of urea groups is 1. The van der Waals surface area contributed by atoms with Gasteiger partial charge in [-0.3, -0.25) is 15.2 Å². The Morgan fingerprint density at radius 2 is 2.27 bits per heavy atom. The number of aliphatic hydroxyl groups excluding tert-OH is 1. The second-order valence-corrected chi connectivity index (χ2v) is 8.11. The average Bonchev–Trinajstić information content (AvgIpc) is 3.13. The number of carbonyl (C=O) groups excluding carboxylic acids is 1. The Kier molecular flexibility index (Phi) is 7.16. The van der Waals surface area contributed by atoms with Gasteiger partial charge in [-0.15, -0.1) is 0 Å². The molecule has 3 N–H and O–H groups in total. The van der Waals surface area contributed by atoms with Crippen LogP contribution >= 0.6 is 11.5 Å². The van der Waals surface area contributed by atoms with E-state index in [4.69, 9.17) is 9.84 Å². The Morgan fingerprint density at radius 3 is 2.87 bits per heavy atom. The van der Waals surface area contributed by atoms with Crippen molar-refractivity contribution < 1.29 is 23.4 Å². The topological polar surface area (TPSA) is 99.6 Å². The number of amides is 2. The molecule has 3 heterocycles. The van der Waals surface area contributed by atoms with E-state index in [9.17, 15) is 13.6 Å². The molecule has 2 amide bonds. The molecule has 0 saturated carbocycles. The van der Waals surface area contributed by atoms with Crippen LogP contribution in [0.4, 0.5) is 18.6 Å². The number of aliphatic hydroxyl groups is 1. The minimum Gasteiger partial charge on any atom is -0.495 e. The average molecular weight is 442 g/mol. The number of ether oxygens (including phenoxy) is 1. The molecule has 11 heteroatoms. The third kappa shape index (κ3) is 5.83. The van der Waals surface area contributed by atoms with E-state index in [0.717, 1.165) is 5.69 Å². The van der Waals surface area contributed by atoms with Crippen molar-refractivity contribution in [3.8, 4) is 5.75 Å². The number of aromatic nitrogens is 2. The van der Waals surface area contributed by atoms with Gasteiger partial charge in [0.1, 0.15) is 17.4 Å². The van der Waals surface area contributed by atoms with Crippen molar-refractivity contribution in [1.82, 2.24) is 19.6 Å². The smallest absolute Gasteiger partial charge is 0.320 e. The van der Waals surface area contributed by atoms with Gasteiger partial charge in [-0.25, -0.2) is 13.6 Å². The predicted molar refractivity (Wildman–Crippen MR) is 109 cm³/mol. The van der Waals surface area contributed by atoms with Gasteiger partial charge in [0.2, 0.25) is 0 Å². The third-order valence-electron chi connectivity index (χ3n) is 4.94. The number of anilines is 1. The first-order chi connectivity index (χ1) is 14.3. The number of aryl methyl sites for hydroxylation is 1. The van der Waals surface area contributed by atoms with Crippen molar-refractivity contribution in [3.63, 3.8) is 0 Å². The van der Waals surface area contributed by atoms with Gasteiger partial charge < -0.3 is 15.2 Å². The van der Waals surface area contributed by atoms with Crippen LogP contribution in [0.1, 0.15) is 23.7 Å². The molecular weight excluding hydrogens is 416 g/mol. The Hall–Kier alpha value is -2.37. The minimum atomic E-state index is -3.18. The molecule has 0 radical (unpaired) electrons. The Balaban J connectivity index is 1.73. The highest BCUT2D eigenvalue weighted by Crippen LogP contribution is 2.29. The molecular formula is C19H25F2N5O3S. The maximum absolute atomic E-state index is 13.7. The number of rotatable bonds is 7. The number of hydrogen-bond acceptors (Lipinski definition) is 7. The lowest BCUT2D eigenvalue weighted by Crippen LogP contribution is -2.53. The molecule has 0 bridgehead atoms. The van der Waals surface area contributed by atoms with Crippen LogP contribution in [0, 0.1) is 6.92 Å². The second-order valence-electron chi connectivity index (χ2n) is 7.30. The highest BCUT2D eigenvalue weighted by molar-refractivity contribution is 7.10. The van der Waals surface area contributed by atoms with Gasteiger partial charge in [-0.1, -0.05) is 0 Å². The monoisotopic (exact) mass is 441 g/mol. The fourth-order valence-corrected chi connectivity index (χ4v) is 4.14. The van der Waals surface area contributed by atoms with Crippen molar-refractivity contribution in [2.75, 3.05) is 38.7 Å². The number of methoxy groups -OCH3 is 1. The maximum Gasteiger partial charge on any atom is 0.320 e.